The van der Waals surface area contributed by atoms with Crippen molar-refractivity contribution < 1.29 is 4.79 Å². The highest BCUT2D eigenvalue weighted by Crippen LogP contribution is 2.31. The molecule has 4 aromatic rings. The van der Waals surface area contributed by atoms with Crippen molar-refractivity contribution in [3.8, 4) is 23.2 Å². The first-order valence-corrected chi connectivity index (χ1v) is 11.9. The lowest BCUT2D eigenvalue weighted by atomic mass is 9.88. The molecule has 4 rings (SSSR count). The van der Waals surface area contributed by atoms with Gasteiger partial charge in [0.25, 0.3) is 5.91 Å². The van der Waals surface area contributed by atoms with E-state index in [9.17, 15) is 4.79 Å². The molecule has 1 aromatic carbocycles. The van der Waals surface area contributed by atoms with Crippen LogP contribution in [0.15, 0.2) is 36.8 Å². The van der Waals surface area contributed by atoms with Gasteiger partial charge in [-0.1, -0.05) is 26.7 Å². The van der Waals surface area contributed by atoms with E-state index in [-0.39, 0.29) is 11.5 Å². The van der Waals surface area contributed by atoms with Crippen LogP contribution >= 0.6 is 0 Å². The summed E-state index contributed by atoms with van der Waals surface area (Å²) in [5.41, 5.74) is 3.52. The van der Waals surface area contributed by atoms with E-state index >= 15 is 0 Å². The Hall–Kier alpha value is -4.52. The molecule has 0 radical (unpaired) electrons. The average Bonchev–Trinajstić information content (AvgIpc) is 3.25. The fourth-order valence-electron chi connectivity index (χ4n) is 3.58. The first-order valence-electron chi connectivity index (χ1n) is 11.9. The standard InChI is InChI=1S/C27H31N9O/c1-8-9-22(37)32-21-13-18(25-35-29-15-36(25)7)10-11-20(21)33-26-28-14-19-12-16(2)30-24(23(19)34-26)31-17(3)27(4,5)6/h10-15,17H,1-7H3,(H,30,31)(H,32,37)(H,28,33,34)/t17-/m0/s1. The topological polar surface area (TPSA) is 123 Å². The van der Waals surface area contributed by atoms with Crippen molar-refractivity contribution in [3.05, 3.63) is 42.5 Å². The number of fused-ring (bicyclic) bond motifs is 1. The third-order valence-electron chi connectivity index (χ3n) is 6.07. The average molecular weight is 498 g/mol. The minimum Gasteiger partial charge on any atom is -0.365 e. The SMILES string of the molecule is CC#CC(=O)Nc1cc(-c2nncn2C)ccc1Nc1ncc2cc(C)nc(N[C@@H](C)C(C)(C)C)c2n1. The molecule has 10 heteroatoms. The lowest BCUT2D eigenvalue weighted by Gasteiger charge is -2.29. The first kappa shape index (κ1) is 25.6. The number of carbonyl (C=O) groups excluding carboxylic acids is 1. The molecule has 3 heterocycles. The van der Waals surface area contributed by atoms with Crippen molar-refractivity contribution in [2.24, 2.45) is 12.5 Å². The van der Waals surface area contributed by atoms with Crippen LogP contribution in [0.4, 0.5) is 23.1 Å². The van der Waals surface area contributed by atoms with Crippen LogP contribution in [0.5, 0.6) is 0 Å². The Morgan fingerprint density at radius 2 is 1.92 bits per heavy atom. The van der Waals surface area contributed by atoms with E-state index in [2.05, 4.69) is 70.7 Å². The Labute approximate surface area is 216 Å². The van der Waals surface area contributed by atoms with Gasteiger partial charge in [0.1, 0.15) is 11.8 Å². The Balaban J connectivity index is 1.73. The fourth-order valence-corrected chi connectivity index (χ4v) is 3.58. The summed E-state index contributed by atoms with van der Waals surface area (Å²) in [5.74, 6) is 6.43. The van der Waals surface area contributed by atoms with Gasteiger partial charge < -0.3 is 20.5 Å². The molecule has 0 saturated carbocycles. The zero-order valence-electron chi connectivity index (χ0n) is 22.1. The molecule has 0 fully saturated rings. The number of carbonyl (C=O) groups is 1. The lowest BCUT2D eigenvalue weighted by molar-refractivity contribution is -0.111. The van der Waals surface area contributed by atoms with Crippen LogP contribution in [0.2, 0.25) is 0 Å². The van der Waals surface area contributed by atoms with Gasteiger partial charge in [-0.05, 0) is 56.4 Å². The van der Waals surface area contributed by atoms with Crippen molar-refractivity contribution >= 4 is 40.0 Å². The molecular weight excluding hydrogens is 466 g/mol. The number of anilines is 4. The van der Waals surface area contributed by atoms with Crippen LogP contribution in [0.3, 0.4) is 0 Å². The molecule has 1 amide bonds. The van der Waals surface area contributed by atoms with E-state index < -0.39 is 5.91 Å². The number of amides is 1. The zero-order valence-corrected chi connectivity index (χ0v) is 22.1. The number of pyridine rings is 1. The third kappa shape index (κ3) is 5.83. The van der Waals surface area contributed by atoms with Gasteiger partial charge in [0.2, 0.25) is 5.95 Å². The monoisotopic (exact) mass is 497 g/mol. The van der Waals surface area contributed by atoms with Crippen molar-refractivity contribution in [3.63, 3.8) is 0 Å². The molecule has 0 unspecified atom stereocenters. The van der Waals surface area contributed by atoms with Crippen LogP contribution in [-0.4, -0.2) is 41.7 Å². The van der Waals surface area contributed by atoms with Gasteiger partial charge in [0.05, 0.1) is 11.4 Å². The summed E-state index contributed by atoms with van der Waals surface area (Å²) in [5, 5.41) is 18.6. The molecule has 10 nitrogen and oxygen atoms in total. The summed E-state index contributed by atoms with van der Waals surface area (Å²) in [6.07, 6.45) is 3.38. The summed E-state index contributed by atoms with van der Waals surface area (Å²) in [7, 11) is 1.85. The van der Waals surface area contributed by atoms with Gasteiger partial charge in [-0.2, -0.15) is 0 Å². The van der Waals surface area contributed by atoms with E-state index in [0.717, 1.165) is 16.6 Å². The quantitative estimate of drug-likeness (QED) is 0.328. The second kappa shape index (κ2) is 10.2. The molecule has 190 valence electrons. The molecule has 37 heavy (non-hydrogen) atoms. The van der Waals surface area contributed by atoms with E-state index in [1.807, 2.05) is 38.2 Å². The highest BCUT2D eigenvalue weighted by atomic mass is 16.1. The number of nitrogens with one attached hydrogen (secondary N) is 3. The molecule has 0 spiro atoms. The Kier molecular flexibility index (Phi) is 7.07. The summed E-state index contributed by atoms with van der Waals surface area (Å²) >= 11 is 0. The van der Waals surface area contributed by atoms with Gasteiger partial charge in [0.15, 0.2) is 11.6 Å². The third-order valence-corrected chi connectivity index (χ3v) is 6.07. The predicted octanol–water partition coefficient (Wildman–Crippen LogP) is 4.68. The van der Waals surface area contributed by atoms with Crippen LogP contribution in [0.1, 0.15) is 40.3 Å². The van der Waals surface area contributed by atoms with Crippen molar-refractivity contribution in [1.29, 1.82) is 0 Å². The van der Waals surface area contributed by atoms with Crippen molar-refractivity contribution in [2.75, 3.05) is 16.0 Å². The van der Waals surface area contributed by atoms with E-state index in [1.54, 1.807) is 24.0 Å². The summed E-state index contributed by atoms with van der Waals surface area (Å²) in [4.78, 5) is 26.3. The number of hydrogen-bond acceptors (Lipinski definition) is 8. The number of hydrogen-bond donors (Lipinski definition) is 3. The van der Waals surface area contributed by atoms with Crippen molar-refractivity contribution in [1.82, 2.24) is 29.7 Å². The van der Waals surface area contributed by atoms with E-state index in [0.29, 0.717) is 34.5 Å². The summed E-state index contributed by atoms with van der Waals surface area (Å²) in [6.45, 7) is 12.2. The Morgan fingerprint density at radius 1 is 1.14 bits per heavy atom. The highest BCUT2D eigenvalue weighted by Gasteiger charge is 2.22. The molecule has 0 aliphatic rings. The van der Waals surface area contributed by atoms with Gasteiger partial charge in [0, 0.05) is 35.9 Å². The van der Waals surface area contributed by atoms with Gasteiger partial charge in [-0.3, -0.25) is 4.79 Å². The largest absolute Gasteiger partial charge is 0.365 e. The normalized spacial score (nSPS) is 12.0. The van der Waals surface area contributed by atoms with E-state index in [1.165, 1.54) is 0 Å². The van der Waals surface area contributed by atoms with Crippen LogP contribution in [0.25, 0.3) is 22.3 Å². The van der Waals surface area contributed by atoms with Crippen molar-refractivity contribution in [2.45, 2.75) is 47.6 Å². The molecule has 0 aliphatic heterocycles. The van der Waals surface area contributed by atoms with Crippen LogP contribution in [0, 0.1) is 24.2 Å². The maximum Gasteiger partial charge on any atom is 0.300 e. The number of rotatable bonds is 6. The number of aryl methyl sites for hydroxylation is 2. The molecule has 0 saturated heterocycles. The Morgan fingerprint density at radius 3 is 2.59 bits per heavy atom. The number of nitrogens with zero attached hydrogens (tertiary/aromatic N) is 6. The molecule has 3 aromatic heterocycles. The molecule has 3 N–H and O–H groups in total. The second-order valence-electron chi connectivity index (χ2n) is 9.96. The van der Waals surface area contributed by atoms with Crippen LogP contribution in [-0.2, 0) is 11.8 Å². The zero-order chi connectivity index (χ0) is 26.7. The highest BCUT2D eigenvalue weighted by molar-refractivity contribution is 6.06. The van der Waals surface area contributed by atoms with E-state index in [4.69, 9.17) is 9.97 Å². The fraction of sp³-hybridized carbons (Fsp3) is 0.333. The first-order chi connectivity index (χ1) is 17.5. The van der Waals surface area contributed by atoms with Gasteiger partial charge >= 0.3 is 0 Å². The number of benzene rings is 1. The summed E-state index contributed by atoms with van der Waals surface area (Å²) < 4.78 is 1.80. The molecule has 0 aliphatic carbocycles. The minimum atomic E-state index is -0.428. The number of aromatic nitrogens is 6. The maximum absolute atomic E-state index is 12.3. The molecule has 1 atom stereocenters. The lowest BCUT2D eigenvalue weighted by Crippen LogP contribution is -2.31. The molecule has 0 bridgehead atoms. The molecular formula is C27H31N9O. The maximum atomic E-state index is 12.3. The van der Waals surface area contributed by atoms with Gasteiger partial charge in [-0.15, -0.1) is 10.2 Å². The predicted molar refractivity (Wildman–Crippen MR) is 146 cm³/mol. The minimum absolute atomic E-state index is 0.0326. The Bertz CT molecular complexity index is 1520. The van der Waals surface area contributed by atoms with Gasteiger partial charge in [-0.25, -0.2) is 15.0 Å². The smallest absolute Gasteiger partial charge is 0.300 e. The second-order valence-corrected chi connectivity index (χ2v) is 9.96. The summed E-state index contributed by atoms with van der Waals surface area (Å²) in [6, 6.07) is 7.65. The van der Waals surface area contributed by atoms with Crippen LogP contribution < -0.4 is 16.0 Å².